The number of nitrogens with zero attached hydrogens (tertiary/aromatic N) is 1. The molecule has 16 heteroatoms. The van der Waals surface area contributed by atoms with Crippen LogP contribution in [-0.4, -0.2) is 89.8 Å². The number of hydrogen-bond acceptors (Lipinski definition) is 11. The van der Waals surface area contributed by atoms with Crippen molar-refractivity contribution in [2.75, 3.05) is 65.2 Å². The van der Waals surface area contributed by atoms with E-state index in [1.54, 1.807) is 48.5 Å². The first-order valence-electron chi connectivity index (χ1n) is 15.5. The predicted molar refractivity (Wildman–Crippen MR) is 186 cm³/mol. The lowest BCUT2D eigenvalue weighted by Crippen LogP contribution is -2.31. The fourth-order valence-corrected chi connectivity index (χ4v) is 6.43. The fraction of sp³-hybridized carbons (Fsp3) is 0.286. The third-order valence-corrected chi connectivity index (χ3v) is 9.20. The monoisotopic (exact) mass is 743 g/mol. The second-order valence-corrected chi connectivity index (χ2v) is 12.7. The predicted octanol–water partition coefficient (Wildman–Crippen LogP) is 4.37. The van der Waals surface area contributed by atoms with Gasteiger partial charge in [0.05, 0.1) is 48.5 Å². The molecule has 3 aromatic rings. The molecule has 4 rings (SSSR count). The summed E-state index contributed by atoms with van der Waals surface area (Å²) in [6.07, 6.45) is 0. The van der Waals surface area contributed by atoms with E-state index in [2.05, 4.69) is 10.6 Å². The second kappa shape index (κ2) is 19.1. The van der Waals surface area contributed by atoms with E-state index in [1.807, 2.05) is 0 Å². The van der Waals surface area contributed by atoms with Gasteiger partial charge in [-0.25, -0.2) is 13.7 Å². The molecule has 1 heterocycles. The van der Waals surface area contributed by atoms with E-state index in [1.165, 1.54) is 21.0 Å². The van der Waals surface area contributed by atoms with Crippen molar-refractivity contribution in [3.05, 3.63) is 93.2 Å². The van der Waals surface area contributed by atoms with Crippen molar-refractivity contribution in [2.45, 2.75) is 16.7 Å². The summed E-state index contributed by atoms with van der Waals surface area (Å²) in [5.41, 5.74) is 0.428. The van der Waals surface area contributed by atoms with Crippen LogP contribution in [0.5, 0.6) is 5.75 Å². The fourth-order valence-electron chi connectivity index (χ4n) is 4.45. The lowest BCUT2D eigenvalue weighted by Gasteiger charge is -2.17. The van der Waals surface area contributed by atoms with Crippen LogP contribution in [0.1, 0.15) is 27.6 Å². The molecule has 4 amide bonds. The number of rotatable bonds is 19. The minimum atomic E-state index is -1.13. The van der Waals surface area contributed by atoms with Gasteiger partial charge in [0.25, 0.3) is 23.6 Å². The van der Waals surface area contributed by atoms with Crippen LogP contribution in [0.2, 0.25) is 0 Å². The third-order valence-electron chi connectivity index (χ3n) is 6.89. The first kappa shape index (κ1) is 39.2. The molecule has 0 unspecified atom stereocenters. The average molecular weight is 744 g/mol. The number of anilines is 1. The van der Waals surface area contributed by atoms with Crippen molar-refractivity contribution in [3.63, 3.8) is 0 Å². The van der Waals surface area contributed by atoms with Gasteiger partial charge in [0.15, 0.2) is 23.2 Å². The SMILES string of the molecule is CNC(=O)c1ccc(SC2=C(Sc3ccc(C(=O)NC)cc3)C(=O)N(c3cc(F)c(OCCOCCOCCOCC(C)=O)c(F)c3)C2=O)cc1. The highest BCUT2D eigenvalue weighted by Gasteiger charge is 2.41. The first-order valence-corrected chi connectivity index (χ1v) is 17.1. The number of hydrogen-bond donors (Lipinski definition) is 2. The van der Waals surface area contributed by atoms with Crippen LogP contribution in [0.15, 0.2) is 80.3 Å². The lowest BCUT2D eigenvalue weighted by molar-refractivity contribution is -0.122. The van der Waals surface area contributed by atoms with Gasteiger partial charge in [-0.2, -0.15) is 0 Å². The van der Waals surface area contributed by atoms with E-state index in [9.17, 15) is 24.0 Å². The zero-order valence-electron chi connectivity index (χ0n) is 27.9. The third kappa shape index (κ3) is 10.7. The largest absolute Gasteiger partial charge is 0.485 e. The van der Waals surface area contributed by atoms with Gasteiger partial charge in [0.2, 0.25) is 0 Å². The number of ketones is 1. The lowest BCUT2D eigenvalue weighted by atomic mass is 10.2. The maximum absolute atomic E-state index is 15.2. The quantitative estimate of drug-likeness (QED) is 0.133. The Morgan fingerprint density at radius 1 is 0.667 bits per heavy atom. The summed E-state index contributed by atoms with van der Waals surface area (Å²) in [6, 6.07) is 14.3. The molecule has 0 radical (unpaired) electrons. The van der Waals surface area contributed by atoms with E-state index in [-0.39, 0.29) is 79.3 Å². The Labute approximate surface area is 301 Å². The number of halogens is 2. The zero-order valence-corrected chi connectivity index (χ0v) is 29.6. The Bertz CT molecular complexity index is 1680. The van der Waals surface area contributed by atoms with E-state index in [0.717, 1.165) is 35.7 Å². The van der Waals surface area contributed by atoms with Crippen molar-refractivity contribution in [1.29, 1.82) is 0 Å². The number of imide groups is 1. The Morgan fingerprint density at radius 2 is 1.08 bits per heavy atom. The average Bonchev–Trinajstić information content (AvgIpc) is 3.34. The van der Waals surface area contributed by atoms with Gasteiger partial charge in [-0.15, -0.1) is 0 Å². The molecule has 12 nitrogen and oxygen atoms in total. The van der Waals surface area contributed by atoms with Gasteiger partial charge in [-0.3, -0.25) is 24.0 Å². The van der Waals surface area contributed by atoms with Crippen LogP contribution in [0.3, 0.4) is 0 Å². The number of carbonyl (C=O) groups is 5. The summed E-state index contributed by atoms with van der Waals surface area (Å²) in [5.74, 6) is -5.29. The van der Waals surface area contributed by atoms with Crippen molar-refractivity contribution in [1.82, 2.24) is 10.6 Å². The molecule has 0 bridgehead atoms. The topological polar surface area (TPSA) is 150 Å². The summed E-state index contributed by atoms with van der Waals surface area (Å²) in [7, 11) is 2.99. The highest BCUT2D eigenvalue weighted by atomic mass is 32.2. The molecule has 2 N–H and O–H groups in total. The molecule has 0 spiro atoms. The number of carbonyl (C=O) groups excluding carboxylic acids is 5. The number of thioether (sulfide) groups is 2. The maximum atomic E-state index is 15.2. The molecule has 1 aliphatic heterocycles. The van der Waals surface area contributed by atoms with E-state index in [4.69, 9.17) is 18.9 Å². The molecular formula is C35H35F2N3O9S2. The first-order chi connectivity index (χ1) is 24.5. The minimum Gasteiger partial charge on any atom is -0.485 e. The Morgan fingerprint density at radius 3 is 1.49 bits per heavy atom. The van der Waals surface area contributed by atoms with Gasteiger partial charge in [-0.05, 0) is 55.5 Å². The van der Waals surface area contributed by atoms with Crippen molar-refractivity contribution >= 4 is 58.6 Å². The second-order valence-electron chi connectivity index (χ2n) is 10.6. The van der Waals surface area contributed by atoms with Gasteiger partial charge < -0.3 is 29.6 Å². The van der Waals surface area contributed by atoms with Gasteiger partial charge in [0.1, 0.15) is 13.2 Å². The molecule has 51 heavy (non-hydrogen) atoms. The minimum absolute atomic E-state index is 0.000992. The smallest absolute Gasteiger partial charge is 0.273 e. The summed E-state index contributed by atoms with van der Waals surface area (Å²) in [5, 5.41) is 5.05. The van der Waals surface area contributed by atoms with Crippen LogP contribution in [0, 0.1) is 11.6 Å². The van der Waals surface area contributed by atoms with Gasteiger partial charge >= 0.3 is 0 Å². The Kier molecular flexibility index (Phi) is 14.7. The normalized spacial score (nSPS) is 12.8. The van der Waals surface area contributed by atoms with E-state index < -0.39 is 29.2 Å². The maximum Gasteiger partial charge on any atom is 0.273 e. The van der Waals surface area contributed by atoms with Crippen LogP contribution in [0.25, 0.3) is 0 Å². The molecule has 0 aliphatic carbocycles. The molecule has 3 aromatic carbocycles. The molecular weight excluding hydrogens is 709 g/mol. The molecule has 0 aromatic heterocycles. The molecule has 270 valence electrons. The number of nitrogens with one attached hydrogen (secondary N) is 2. The van der Waals surface area contributed by atoms with Crippen molar-refractivity contribution in [2.24, 2.45) is 0 Å². The molecule has 0 atom stereocenters. The highest BCUT2D eigenvalue weighted by molar-refractivity contribution is 8.08. The Balaban J connectivity index is 1.46. The van der Waals surface area contributed by atoms with Crippen LogP contribution >= 0.6 is 23.5 Å². The zero-order chi connectivity index (χ0) is 36.9. The van der Waals surface area contributed by atoms with Crippen LogP contribution < -0.4 is 20.3 Å². The molecule has 1 aliphatic rings. The standard InChI is InChI=1S/C35H35F2N3O9S2/c1-21(41)20-48-15-14-46-12-13-47-16-17-49-29-27(36)18-24(19-28(29)37)40-34(44)30(50-25-8-4-22(5-9-25)32(42)38-2)31(35(40)45)51-26-10-6-23(7-11-26)33(43)39-3/h4-11,18-19H,12-17,20H2,1-3H3,(H,38,42)(H,39,43). The summed E-state index contributed by atoms with van der Waals surface area (Å²) < 4.78 is 51.4. The van der Waals surface area contributed by atoms with E-state index in [0.29, 0.717) is 25.8 Å². The van der Waals surface area contributed by atoms with Crippen molar-refractivity contribution < 1.29 is 51.7 Å². The molecule has 0 fully saturated rings. The highest BCUT2D eigenvalue weighted by Crippen LogP contribution is 2.44. The Hall–Kier alpha value is -4.61. The number of benzene rings is 3. The van der Waals surface area contributed by atoms with Gasteiger partial charge in [-0.1, -0.05) is 23.5 Å². The molecule has 0 saturated heterocycles. The van der Waals surface area contributed by atoms with Crippen LogP contribution in [0.4, 0.5) is 14.5 Å². The number of ether oxygens (including phenoxy) is 4. The molecule has 0 saturated carbocycles. The summed E-state index contributed by atoms with van der Waals surface area (Å²) >= 11 is 1.92. The summed E-state index contributed by atoms with van der Waals surface area (Å²) in [6.45, 7) is 2.17. The summed E-state index contributed by atoms with van der Waals surface area (Å²) in [4.78, 5) is 64.2. The number of Topliss-reactive ketones (excluding diaryl/α,β-unsaturated/α-hetero) is 1. The van der Waals surface area contributed by atoms with Gasteiger partial charge in [0, 0.05) is 47.1 Å². The van der Waals surface area contributed by atoms with E-state index >= 15 is 8.78 Å². The van der Waals surface area contributed by atoms with Crippen molar-refractivity contribution in [3.8, 4) is 5.75 Å². The number of amides is 4. The van der Waals surface area contributed by atoms with Crippen LogP contribution in [-0.2, 0) is 28.6 Å².